The van der Waals surface area contributed by atoms with Gasteiger partial charge in [-0.1, -0.05) is 24.6 Å². The van der Waals surface area contributed by atoms with Crippen molar-refractivity contribution in [1.82, 2.24) is 5.32 Å². The molecule has 0 unspecified atom stereocenters. The fraction of sp³-hybridized carbons (Fsp3) is 0.647. The molecule has 0 radical (unpaired) electrons. The summed E-state index contributed by atoms with van der Waals surface area (Å²) in [7, 11) is 0. The second-order valence-corrected chi connectivity index (χ2v) is 6.43. The van der Waals surface area contributed by atoms with Gasteiger partial charge >= 0.3 is 0 Å². The molecule has 0 bridgehead atoms. The summed E-state index contributed by atoms with van der Waals surface area (Å²) in [6.07, 6.45) is 8.85. The average Bonchev–Trinajstić information content (AvgIpc) is 2.42. The molecule has 2 aliphatic carbocycles. The van der Waals surface area contributed by atoms with Crippen LogP contribution in [0.15, 0.2) is 18.2 Å². The fourth-order valence-corrected chi connectivity index (χ4v) is 3.44. The minimum atomic E-state index is 0.189. The van der Waals surface area contributed by atoms with E-state index < -0.39 is 0 Å². The summed E-state index contributed by atoms with van der Waals surface area (Å²) >= 11 is 0. The minimum absolute atomic E-state index is 0.189. The zero-order valence-corrected chi connectivity index (χ0v) is 11.8. The maximum Gasteiger partial charge on any atom is 0.0499 e. The summed E-state index contributed by atoms with van der Waals surface area (Å²) < 4.78 is 0. The van der Waals surface area contributed by atoms with Crippen molar-refractivity contribution < 1.29 is 5.11 Å². The van der Waals surface area contributed by atoms with Gasteiger partial charge in [-0.25, -0.2) is 0 Å². The third kappa shape index (κ3) is 2.85. The lowest BCUT2D eigenvalue weighted by Crippen LogP contribution is -2.42. The van der Waals surface area contributed by atoms with E-state index in [9.17, 15) is 5.11 Å². The summed E-state index contributed by atoms with van der Waals surface area (Å²) in [5, 5.41) is 13.0. The quantitative estimate of drug-likeness (QED) is 0.852. The first-order valence-corrected chi connectivity index (χ1v) is 7.74. The van der Waals surface area contributed by atoms with Crippen molar-refractivity contribution >= 4 is 0 Å². The summed E-state index contributed by atoms with van der Waals surface area (Å²) in [6, 6.07) is 6.97. The zero-order chi connectivity index (χ0) is 13.1. The molecule has 0 aliphatic heterocycles. The predicted octanol–water partition coefficient (Wildman–Crippen LogP) is 2.82. The molecule has 1 fully saturated rings. The Kier molecular flexibility index (Phi) is 3.90. The van der Waals surface area contributed by atoms with Crippen LogP contribution in [0.25, 0.3) is 0 Å². The number of benzene rings is 1. The first-order valence-electron chi connectivity index (χ1n) is 7.74. The maximum absolute atomic E-state index is 9.45. The molecule has 1 aromatic rings. The van der Waals surface area contributed by atoms with Crippen LogP contribution in [-0.2, 0) is 19.4 Å². The molecular weight excluding hydrogens is 234 g/mol. The van der Waals surface area contributed by atoms with Crippen molar-refractivity contribution in [3.05, 3.63) is 34.9 Å². The van der Waals surface area contributed by atoms with Gasteiger partial charge in [0, 0.05) is 25.1 Å². The molecule has 2 heteroatoms. The summed E-state index contributed by atoms with van der Waals surface area (Å²) in [6.45, 7) is 2.24. The molecule has 3 rings (SSSR count). The number of aryl methyl sites for hydroxylation is 2. The van der Waals surface area contributed by atoms with Crippen molar-refractivity contribution in [3.63, 3.8) is 0 Å². The lowest BCUT2D eigenvalue weighted by molar-refractivity contribution is 0.0445. The second kappa shape index (κ2) is 5.64. The van der Waals surface area contributed by atoms with E-state index in [1.807, 2.05) is 0 Å². The van der Waals surface area contributed by atoms with E-state index in [0.29, 0.717) is 6.61 Å². The van der Waals surface area contributed by atoms with Crippen LogP contribution in [-0.4, -0.2) is 18.3 Å². The molecule has 0 heterocycles. The molecule has 1 aromatic carbocycles. The first kappa shape index (κ1) is 13.1. The molecule has 2 aliphatic rings. The van der Waals surface area contributed by atoms with Crippen molar-refractivity contribution in [2.24, 2.45) is 5.41 Å². The van der Waals surface area contributed by atoms with Crippen molar-refractivity contribution in [2.75, 3.05) is 13.2 Å². The van der Waals surface area contributed by atoms with Gasteiger partial charge in [0.2, 0.25) is 0 Å². The normalized spacial score (nSPS) is 20.7. The Hall–Kier alpha value is -0.860. The van der Waals surface area contributed by atoms with Crippen LogP contribution in [0.4, 0.5) is 0 Å². The topological polar surface area (TPSA) is 32.3 Å². The first-order chi connectivity index (χ1) is 9.31. The van der Waals surface area contributed by atoms with Crippen molar-refractivity contribution in [3.8, 4) is 0 Å². The second-order valence-electron chi connectivity index (χ2n) is 6.43. The number of rotatable bonds is 5. The number of fused-ring (bicyclic) bond motifs is 1. The van der Waals surface area contributed by atoms with E-state index in [1.54, 1.807) is 11.1 Å². The zero-order valence-electron chi connectivity index (χ0n) is 11.8. The van der Waals surface area contributed by atoms with Crippen molar-refractivity contribution in [2.45, 2.75) is 51.5 Å². The lowest BCUT2D eigenvalue weighted by atomic mass is 9.69. The van der Waals surface area contributed by atoms with Gasteiger partial charge in [0.25, 0.3) is 0 Å². The number of hydrogen-bond acceptors (Lipinski definition) is 2. The Morgan fingerprint density at radius 3 is 2.53 bits per heavy atom. The summed E-state index contributed by atoms with van der Waals surface area (Å²) in [5.74, 6) is 0. The van der Waals surface area contributed by atoms with E-state index in [1.165, 1.54) is 50.5 Å². The Morgan fingerprint density at radius 1 is 1.05 bits per heavy atom. The molecule has 0 spiro atoms. The van der Waals surface area contributed by atoms with Gasteiger partial charge in [-0.2, -0.15) is 0 Å². The summed E-state index contributed by atoms with van der Waals surface area (Å²) in [4.78, 5) is 0. The van der Waals surface area contributed by atoms with Crippen LogP contribution in [0.5, 0.6) is 0 Å². The predicted molar refractivity (Wildman–Crippen MR) is 78.2 cm³/mol. The Balaban J connectivity index is 1.55. The number of nitrogens with one attached hydrogen (secondary N) is 1. The van der Waals surface area contributed by atoms with Crippen LogP contribution in [0, 0.1) is 5.41 Å². The average molecular weight is 259 g/mol. The molecular formula is C17H25NO. The van der Waals surface area contributed by atoms with Gasteiger partial charge in [-0.3, -0.25) is 0 Å². The number of aliphatic hydroxyl groups is 1. The Bertz CT molecular complexity index is 431. The Morgan fingerprint density at radius 2 is 1.84 bits per heavy atom. The molecule has 2 N–H and O–H groups in total. The van der Waals surface area contributed by atoms with Crippen LogP contribution in [0.1, 0.15) is 48.8 Å². The maximum atomic E-state index is 9.45. The van der Waals surface area contributed by atoms with E-state index in [2.05, 4.69) is 23.5 Å². The fourth-order valence-electron chi connectivity index (χ4n) is 3.44. The van der Waals surface area contributed by atoms with Crippen LogP contribution < -0.4 is 5.32 Å². The van der Waals surface area contributed by atoms with E-state index in [0.717, 1.165) is 13.1 Å². The van der Waals surface area contributed by atoms with E-state index in [-0.39, 0.29) is 5.41 Å². The highest BCUT2D eigenvalue weighted by atomic mass is 16.3. The lowest BCUT2D eigenvalue weighted by Gasteiger charge is -2.40. The highest BCUT2D eigenvalue weighted by Gasteiger charge is 2.35. The van der Waals surface area contributed by atoms with Gasteiger partial charge in [0.05, 0.1) is 0 Å². The van der Waals surface area contributed by atoms with E-state index in [4.69, 9.17) is 0 Å². The van der Waals surface area contributed by atoms with Gasteiger partial charge in [0.15, 0.2) is 0 Å². The van der Waals surface area contributed by atoms with E-state index >= 15 is 0 Å². The van der Waals surface area contributed by atoms with Crippen LogP contribution in [0.3, 0.4) is 0 Å². The Labute approximate surface area is 116 Å². The molecule has 104 valence electrons. The SMILES string of the molecule is OCC1(CNCc2ccc3c(c2)CCCC3)CCC1. The molecule has 0 aromatic heterocycles. The highest BCUT2D eigenvalue weighted by Crippen LogP contribution is 2.39. The molecule has 2 nitrogen and oxygen atoms in total. The largest absolute Gasteiger partial charge is 0.396 e. The van der Waals surface area contributed by atoms with Gasteiger partial charge < -0.3 is 10.4 Å². The third-order valence-corrected chi connectivity index (χ3v) is 4.99. The van der Waals surface area contributed by atoms with Crippen LogP contribution >= 0.6 is 0 Å². The van der Waals surface area contributed by atoms with Gasteiger partial charge in [0.1, 0.15) is 0 Å². The molecule has 0 amide bonds. The third-order valence-electron chi connectivity index (χ3n) is 4.99. The molecule has 1 saturated carbocycles. The molecule has 0 atom stereocenters. The number of hydrogen-bond donors (Lipinski definition) is 2. The standard InChI is InChI=1S/C17H25NO/c19-13-17(8-3-9-17)12-18-11-14-6-7-15-4-1-2-5-16(15)10-14/h6-7,10,18-19H,1-5,8-9,11-13H2. The number of aliphatic hydroxyl groups excluding tert-OH is 1. The van der Waals surface area contributed by atoms with Gasteiger partial charge in [-0.05, 0) is 55.2 Å². The van der Waals surface area contributed by atoms with Crippen LogP contribution in [0.2, 0.25) is 0 Å². The molecule has 0 saturated heterocycles. The highest BCUT2D eigenvalue weighted by molar-refractivity contribution is 5.33. The van der Waals surface area contributed by atoms with Gasteiger partial charge in [-0.15, -0.1) is 0 Å². The minimum Gasteiger partial charge on any atom is -0.396 e. The smallest absolute Gasteiger partial charge is 0.0499 e. The van der Waals surface area contributed by atoms with Crippen molar-refractivity contribution in [1.29, 1.82) is 0 Å². The summed E-state index contributed by atoms with van der Waals surface area (Å²) in [5.41, 5.74) is 4.70. The monoisotopic (exact) mass is 259 g/mol. The molecule has 19 heavy (non-hydrogen) atoms.